The minimum Gasteiger partial charge on any atom is -0.415 e. The van der Waals surface area contributed by atoms with E-state index < -0.39 is 27.6 Å². The Morgan fingerprint density at radius 3 is 2.15 bits per heavy atom. The normalized spacial score (nSPS) is 33.5. The second kappa shape index (κ2) is 6.18. The molecule has 0 aromatic heterocycles. The predicted molar refractivity (Wildman–Crippen MR) is 86.8 cm³/mol. The lowest BCUT2D eigenvalue weighted by atomic mass is 10.1. The van der Waals surface area contributed by atoms with E-state index in [-0.39, 0.29) is 17.7 Å². The summed E-state index contributed by atoms with van der Waals surface area (Å²) in [5, 5.41) is 29.4. The molecule has 4 unspecified atom stereocenters. The molecule has 1 aliphatic heterocycles. The molecule has 1 rings (SSSR count). The van der Waals surface area contributed by atoms with Gasteiger partial charge in [-0.3, -0.25) is 0 Å². The van der Waals surface area contributed by atoms with Crippen LogP contribution in [0.3, 0.4) is 0 Å². The van der Waals surface area contributed by atoms with Gasteiger partial charge >= 0.3 is 0 Å². The van der Waals surface area contributed by atoms with Crippen LogP contribution in [0.15, 0.2) is 0 Å². The first-order chi connectivity index (χ1) is 9.00. The van der Waals surface area contributed by atoms with E-state index in [1.54, 1.807) is 0 Å². The van der Waals surface area contributed by atoms with Crippen molar-refractivity contribution in [1.82, 2.24) is 0 Å². The summed E-state index contributed by atoms with van der Waals surface area (Å²) in [7, 11) is -3.73. The highest BCUT2D eigenvalue weighted by atomic mass is 29.3. The highest BCUT2D eigenvalue weighted by molar-refractivity contribution is 7.39. The van der Waals surface area contributed by atoms with Gasteiger partial charge in [-0.25, -0.2) is 0 Å². The Balaban J connectivity index is 3.06. The van der Waals surface area contributed by atoms with Crippen LogP contribution in [0.5, 0.6) is 0 Å². The van der Waals surface area contributed by atoms with Crippen molar-refractivity contribution in [2.45, 2.75) is 82.6 Å². The molecule has 6 heteroatoms. The molecule has 4 atom stereocenters. The van der Waals surface area contributed by atoms with Crippen molar-refractivity contribution in [3.8, 4) is 0 Å². The standard InChI is InChI=1S/C14H32O4Si2/c1-7-12(13(17)11(16)10-15)20(6)9-8-14(2,3)18-19(20,4)5/h11-13,15-17H,7-10H2,1-6H3. The zero-order valence-electron chi connectivity index (χ0n) is 13.8. The molecule has 4 nitrogen and oxygen atoms in total. The first-order valence-electron chi connectivity index (χ1n) is 7.68. The zero-order chi connectivity index (χ0) is 15.8. The van der Waals surface area contributed by atoms with Crippen LogP contribution >= 0.6 is 0 Å². The van der Waals surface area contributed by atoms with Crippen molar-refractivity contribution >= 4 is 15.4 Å². The van der Waals surface area contributed by atoms with Crippen LogP contribution in [0.25, 0.3) is 0 Å². The summed E-state index contributed by atoms with van der Waals surface area (Å²) >= 11 is 0. The number of rotatable bonds is 5. The largest absolute Gasteiger partial charge is 0.415 e. The molecule has 1 aliphatic rings. The third-order valence-electron chi connectivity index (χ3n) is 5.40. The fraction of sp³-hybridized carbons (Fsp3) is 1.00. The van der Waals surface area contributed by atoms with Crippen LogP contribution < -0.4 is 0 Å². The molecule has 0 bridgehead atoms. The highest BCUT2D eigenvalue weighted by Gasteiger charge is 2.58. The lowest BCUT2D eigenvalue weighted by Crippen LogP contribution is -2.69. The number of hydrogen-bond donors (Lipinski definition) is 3. The Labute approximate surface area is 125 Å². The van der Waals surface area contributed by atoms with E-state index in [1.165, 1.54) is 0 Å². The van der Waals surface area contributed by atoms with Crippen molar-refractivity contribution in [2.75, 3.05) is 6.61 Å². The first-order valence-corrected chi connectivity index (χ1v) is 14.4. The molecule has 3 N–H and O–H groups in total. The fourth-order valence-corrected chi connectivity index (χ4v) is 17.9. The molecular formula is C14H32O4Si2. The molecule has 20 heavy (non-hydrogen) atoms. The van der Waals surface area contributed by atoms with E-state index in [4.69, 9.17) is 9.53 Å². The number of aliphatic hydroxyl groups excluding tert-OH is 3. The Morgan fingerprint density at radius 2 is 1.75 bits per heavy atom. The number of aliphatic hydroxyl groups is 3. The maximum absolute atomic E-state index is 10.4. The van der Waals surface area contributed by atoms with Gasteiger partial charge in [0.25, 0.3) is 0 Å². The SMILES string of the molecule is CCC(C(O)C(O)CO)[Si]1(C)CCC(C)(C)O[Si]1(C)C. The van der Waals surface area contributed by atoms with Gasteiger partial charge in [-0.2, -0.15) is 0 Å². The third-order valence-corrected chi connectivity index (χ3v) is 23.3. The van der Waals surface area contributed by atoms with Crippen LogP contribution in [-0.2, 0) is 4.43 Å². The Kier molecular flexibility index (Phi) is 5.66. The molecular weight excluding hydrogens is 288 g/mol. The van der Waals surface area contributed by atoms with Gasteiger partial charge in [0.1, 0.15) is 6.10 Å². The molecule has 0 aliphatic carbocycles. The molecule has 1 saturated heterocycles. The summed E-state index contributed by atoms with van der Waals surface area (Å²) in [5.41, 5.74) is 0.0172. The van der Waals surface area contributed by atoms with Gasteiger partial charge in [0.2, 0.25) is 0 Å². The van der Waals surface area contributed by atoms with E-state index in [9.17, 15) is 10.2 Å². The molecule has 0 saturated carbocycles. The van der Waals surface area contributed by atoms with Gasteiger partial charge in [-0.05, 0) is 38.9 Å². The topological polar surface area (TPSA) is 69.9 Å². The van der Waals surface area contributed by atoms with E-state index in [0.717, 1.165) is 18.9 Å². The Bertz CT molecular complexity index is 335. The lowest BCUT2D eigenvalue weighted by molar-refractivity contribution is -0.0192. The van der Waals surface area contributed by atoms with Gasteiger partial charge in [0, 0.05) is 0 Å². The fourth-order valence-electron chi connectivity index (χ4n) is 3.80. The molecule has 0 aromatic rings. The average Bonchev–Trinajstić information content (AvgIpc) is 2.33. The van der Waals surface area contributed by atoms with Gasteiger partial charge in [0.05, 0.1) is 25.9 Å². The summed E-state index contributed by atoms with van der Waals surface area (Å²) in [4.78, 5) is 0. The van der Waals surface area contributed by atoms with Crippen LogP contribution in [0.4, 0.5) is 0 Å². The number of hydrogen-bond acceptors (Lipinski definition) is 4. The van der Waals surface area contributed by atoms with Crippen LogP contribution in [0.2, 0.25) is 31.2 Å². The summed E-state index contributed by atoms with van der Waals surface area (Å²) < 4.78 is 6.47. The minimum atomic E-state index is -1.90. The highest BCUT2D eigenvalue weighted by Crippen LogP contribution is 2.47. The van der Waals surface area contributed by atoms with Crippen LogP contribution in [0.1, 0.15) is 33.6 Å². The zero-order valence-corrected chi connectivity index (χ0v) is 15.8. The summed E-state index contributed by atoms with van der Waals surface area (Å²) in [5.74, 6) is 0. The van der Waals surface area contributed by atoms with Crippen molar-refractivity contribution in [1.29, 1.82) is 0 Å². The quantitative estimate of drug-likeness (QED) is 0.678. The Morgan fingerprint density at radius 1 is 1.20 bits per heavy atom. The van der Waals surface area contributed by atoms with E-state index in [0.29, 0.717) is 0 Å². The van der Waals surface area contributed by atoms with Gasteiger partial charge in [-0.15, -0.1) is 0 Å². The molecule has 1 heterocycles. The average molecular weight is 321 g/mol. The second-order valence-electron chi connectivity index (χ2n) is 7.54. The molecule has 0 radical (unpaired) electrons. The van der Waals surface area contributed by atoms with Crippen LogP contribution in [0, 0.1) is 0 Å². The van der Waals surface area contributed by atoms with E-state index in [1.807, 2.05) is 0 Å². The van der Waals surface area contributed by atoms with Crippen LogP contribution in [-0.4, -0.2) is 55.2 Å². The maximum atomic E-state index is 10.4. The van der Waals surface area contributed by atoms with E-state index >= 15 is 0 Å². The third kappa shape index (κ3) is 3.36. The molecule has 120 valence electrons. The van der Waals surface area contributed by atoms with Gasteiger partial charge in [-0.1, -0.05) is 25.9 Å². The second-order valence-corrected chi connectivity index (χ2v) is 21.9. The first kappa shape index (κ1) is 18.3. The molecule has 1 fully saturated rings. The predicted octanol–water partition coefficient (Wildman–Crippen LogP) is 2.04. The summed E-state index contributed by atoms with van der Waals surface area (Å²) in [6.07, 6.45) is -0.0200. The van der Waals surface area contributed by atoms with Crippen molar-refractivity contribution in [2.24, 2.45) is 0 Å². The van der Waals surface area contributed by atoms with Crippen molar-refractivity contribution in [3.63, 3.8) is 0 Å². The van der Waals surface area contributed by atoms with Gasteiger partial charge in [0.15, 0.2) is 7.83 Å². The minimum absolute atomic E-state index is 0.0684. The molecule has 0 aromatic carbocycles. The summed E-state index contributed by atoms with van der Waals surface area (Å²) in [6, 6.07) is 1.13. The monoisotopic (exact) mass is 320 g/mol. The maximum Gasteiger partial charge on any atom is 0.175 e. The lowest BCUT2D eigenvalue weighted by Gasteiger charge is -2.55. The van der Waals surface area contributed by atoms with Gasteiger partial charge < -0.3 is 19.7 Å². The molecule has 0 spiro atoms. The van der Waals surface area contributed by atoms with E-state index in [2.05, 4.69) is 40.4 Å². The Hall–Kier alpha value is 0.274. The summed E-state index contributed by atoms with van der Waals surface area (Å²) in [6.45, 7) is 12.8. The molecule has 0 amide bonds. The van der Waals surface area contributed by atoms with Crippen molar-refractivity contribution < 1.29 is 19.7 Å². The van der Waals surface area contributed by atoms with Crippen molar-refractivity contribution in [3.05, 3.63) is 0 Å². The smallest absolute Gasteiger partial charge is 0.175 e.